The highest BCUT2D eigenvalue weighted by atomic mass is 32.2. The van der Waals surface area contributed by atoms with Crippen molar-refractivity contribution in [2.45, 2.75) is 39.8 Å². The number of carbonyl (C=O) groups is 1. The minimum atomic E-state index is -3.40. The van der Waals surface area contributed by atoms with E-state index in [2.05, 4.69) is 46.1 Å². The normalized spacial score (nSPS) is 17.5. The molecule has 1 saturated heterocycles. The average molecular weight is 430 g/mol. The summed E-state index contributed by atoms with van der Waals surface area (Å²) in [5.41, 5.74) is 3.91. The number of piperidine rings is 1. The average Bonchev–Trinajstić information content (AvgIpc) is 2.68. The maximum Gasteiger partial charge on any atom is 0.251 e. The number of nitrogens with zero attached hydrogens (tertiary/aromatic N) is 1. The van der Waals surface area contributed by atoms with E-state index in [-0.39, 0.29) is 5.91 Å². The molecule has 0 unspecified atom stereocenters. The number of amides is 1. The smallest absolute Gasteiger partial charge is 0.251 e. The third kappa shape index (κ3) is 6.57. The number of carbonyl (C=O) groups excluding carboxylic acids is 1. The zero-order chi connectivity index (χ0) is 21.7. The summed E-state index contributed by atoms with van der Waals surface area (Å²) < 4.78 is 25.4. The Kier molecular flexibility index (Phi) is 7.15. The summed E-state index contributed by atoms with van der Waals surface area (Å²) >= 11 is 0. The van der Waals surface area contributed by atoms with Crippen molar-refractivity contribution in [1.29, 1.82) is 0 Å². The third-order valence-corrected chi connectivity index (χ3v) is 6.01. The predicted molar refractivity (Wildman–Crippen MR) is 121 cm³/mol. The van der Waals surface area contributed by atoms with Crippen LogP contribution in [0.1, 0.15) is 46.8 Å². The molecule has 0 radical (unpaired) electrons. The number of rotatable bonds is 7. The Morgan fingerprint density at radius 3 is 2.50 bits per heavy atom. The van der Waals surface area contributed by atoms with Gasteiger partial charge >= 0.3 is 0 Å². The van der Waals surface area contributed by atoms with Crippen LogP contribution in [0.15, 0.2) is 42.5 Å². The van der Waals surface area contributed by atoms with Gasteiger partial charge in [0, 0.05) is 25.2 Å². The molecule has 7 heteroatoms. The summed E-state index contributed by atoms with van der Waals surface area (Å²) in [4.78, 5) is 15.0. The topological polar surface area (TPSA) is 78.5 Å². The Balaban J connectivity index is 1.56. The van der Waals surface area contributed by atoms with E-state index in [1.807, 2.05) is 0 Å². The van der Waals surface area contributed by atoms with Crippen molar-refractivity contribution >= 4 is 21.6 Å². The lowest BCUT2D eigenvalue weighted by Gasteiger charge is -2.30. The van der Waals surface area contributed by atoms with Crippen molar-refractivity contribution in [3.63, 3.8) is 0 Å². The van der Waals surface area contributed by atoms with Crippen LogP contribution in [0.3, 0.4) is 0 Å². The molecule has 2 N–H and O–H groups in total. The van der Waals surface area contributed by atoms with Crippen LogP contribution >= 0.6 is 0 Å². The van der Waals surface area contributed by atoms with E-state index in [0.717, 1.165) is 42.9 Å². The van der Waals surface area contributed by atoms with Crippen LogP contribution in [0.25, 0.3) is 0 Å². The Morgan fingerprint density at radius 2 is 1.83 bits per heavy atom. The molecule has 2 aromatic rings. The molecule has 30 heavy (non-hydrogen) atoms. The Bertz CT molecular complexity index is 987. The maximum absolute atomic E-state index is 12.5. The van der Waals surface area contributed by atoms with Gasteiger partial charge in [0.05, 0.1) is 11.9 Å². The first-order valence-corrected chi connectivity index (χ1v) is 12.3. The fourth-order valence-corrected chi connectivity index (χ4v) is 4.43. The van der Waals surface area contributed by atoms with Crippen molar-refractivity contribution in [3.05, 3.63) is 64.7 Å². The lowest BCUT2D eigenvalue weighted by Crippen LogP contribution is -2.33. The second-order valence-corrected chi connectivity index (χ2v) is 10.1. The van der Waals surface area contributed by atoms with Gasteiger partial charge in [-0.3, -0.25) is 14.4 Å². The molecule has 2 aromatic carbocycles. The first kappa shape index (κ1) is 22.3. The number of hydrogen-bond acceptors (Lipinski definition) is 4. The first-order chi connectivity index (χ1) is 14.2. The molecule has 1 amide bonds. The molecular formula is C23H31N3O3S. The SMILES string of the molecule is Cc1ccc(C(=O)NCc2ccc(CN3CCC[C@H](C)C3)cc2)cc1NS(C)(=O)=O. The highest BCUT2D eigenvalue weighted by Gasteiger charge is 2.16. The molecule has 1 heterocycles. The number of sulfonamides is 1. The summed E-state index contributed by atoms with van der Waals surface area (Å²) in [5, 5.41) is 2.90. The van der Waals surface area contributed by atoms with Gasteiger partial charge in [-0.2, -0.15) is 0 Å². The zero-order valence-electron chi connectivity index (χ0n) is 17.9. The molecule has 0 saturated carbocycles. The van der Waals surface area contributed by atoms with Crippen LogP contribution in [0.4, 0.5) is 5.69 Å². The fraction of sp³-hybridized carbons (Fsp3) is 0.435. The van der Waals surface area contributed by atoms with E-state index in [1.54, 1.807) is 25.1 Å². The minimum absolute atomic E-state index is 0.238. The van der Waals surface area contributed by atoms with Gasteiger partial charge in [0.15, 0.2) is 0 Å². The molecule has 1 fully saturated rings. The van der Waals surface area contributed by atoms with Gasteiger partial charge in [-0.25, -0.2) is 8.42 Å². The monoisotopic (exact) mass is 429 g/mol. The van der Waals surface area contributed by atoms with Crippen LogP contribution in [-0.2, 0) is 23.1 Å². The van der Waals surface area contributed by atoms with E-state index < -0.39 is 10.0 Å². The lowest BCUT2D eigenvalue weighted by molar-refractivity contribution is 0.0951. The molecule has 1 aliphatic heterocycles. The van der Waals surface area contributed by atoms with Crippen molar-refractivity contribution in [3.8, 4) is 0 Å². The molecular weight excluding hydrogens is 398 g/mol. The molecule has 0 bridgehead atoms. The van der Waals surface area contributed by atoms with E-state index in [4.69, 9.17) is 0 Å². The van der Waals surface area contributed by atoms with Gasteiger partial charge in [0.1, 0.15) is 0 Å². The Labute approximate surface area is 179 Å². The van der Waals surface area contributed by atoms with E-state index >= 15 is 0 Å². The number of nitrogens with one attached hydrogen (secondary N) is 2. The summed E-state index contributed by atoms with van der Waals surface area (Å²) in [7, 11) is -3.40. The van der Waals surface area contributed by atoms with E-state index in [9.17, 15) is 13.2 Å². The van der Waals surface area contributed by atoms with Crippen LogP contribution in [0, 0.1) is 12.8 Å². The molecule has 0 aliphatic carbocycles. The molecule has 1 aliphatic rings. The van der Waals surface area contributed by atoms with Crippen molar-refractivity contribution in [2.24, 2.45) is 5.92 Å². The standard InChI is InChI=1S/C23H31N3O3S/c1-17-5-4-12-26(15-17)16-20-9-7-19(8-10-20)14-24-23(27)21-11-6-18(2)22(13-21)25-30(3,28)29/h6-11,13,17,25H,4-5,12,14-16H2,1-3H3,(H,24,27)/t17-/m0/s1. The fourth-order valence-electron chi connectivity index (χ4n) is 3.81. The minimum Gasteiger partial charge on any atom is -0.348 e. The summed E-state index contributed by atoms with van der Waals surface area (Å²) in [5.74, 6) is 0.529. The Morgan fingerprint density at radius 1 is 1.13 bits per heavy atom. The maximum atomic E-state index is 12.5. The number of anilines is 1. The van der Waals surface area contributed by atoms with Crippen molar-refractivity contribution in [1.82, 2.24) is 10.2 Å². The lowest BCUT2D eigenvalue weighted by atomic mass is 9.99. The van der Waals surface area contributed by atoms with Crippen molar-refractivity contribution in [2.75, 3.05) is 24.1 Å². The number of likely N-dealkylation sites (tertiary alicyclic amines) is 1. The summed E-state index contributed by atoms with van der Waals surface area (Å²) in [6.45, 7) is 7.81. The predicted octanol–water partition coefficient (Wildman–Crippen LogP) is 3.53. The van der Waals surface area contributed by atoms with Crippen molar-refractivity contribution < 1.29 is 13.2 Å². The number of benzene rings is 2. The summed E-state index contributed by atoms with van der Waals surface area (Å²) in [6.07, 6.45) is 3.68. The van der Waals surface area contributed by atoms with Crippen LogP contribution in [0.5, 0.6) is 0 Å². The third-order valence-electron chi connectivity index (χ3n) is 5.42. The molecule has 3 rings (SSSR count). The number of hydrogen-bond donors (Lipinski definition) is 2. The van der Waals surface area contributed by atoms with Gasteiger partial charge in [-0.1, -0.05) is 37.3 Å². The van der Waals surface area contributed by atoms with Crippen LogP contribution in [-0.4, -0.2) is 38.6 Å². The van der Waals surface area contributed by atoms with Gasteiger partial charge in [-0.15, -0.1) is 0 Å². The first-order valence-electron chi connectivity index (χ1n) is 10.4. The second kappa shape index (κ2) is 9.62. The summed E-state index contributed by atoms with van der Waals surface area (Å²) in [6, 6.07) is 13.3. The quantitative estimate of drug-likeness (QED) is 0.706. The highest BCUT2D eigenvalue weighted by molar-refractivity contribution is 7.92. The molecule has 1 atom stereocenters. The highest BCUT2D eigenvalue weighted by Crippen LogP contribution is 2.19. The van der Waals surface area contributed by atoms with Gasteiger partial charge in [0.2, 0.25) is 10.0 Å². The molecule has 0 aromatic heterocycles. The van der Waals surface area contributed by atoms with E-state index in [1.165, 1.54) is 18.4 Å². The second-order valence-electron chi connectivity index (χ2n) is 8.39. The van der Waals surface area contributed by atoms with Gasteiger partial charge in [-0.05, 0) is 61.1 Å². The van der Waals surface area contributed by atoms with Crippen LogP contribution < -0.4 is 10.0 Å². The molecule has 6 nitrogen and oxygen atoms in total. The number of aryl methyl sites for hydroxylation is 1. The molecule has 0 spiro atoms. The largest absolute Gasteiger partial charge is 0.348 e. The molecule has 162 valence electrons. The van der Waals surface area contributed by atoms with E-state index in [0.29, 0.717) is 17.8 Å². The van der Waals surface area contributed by atoms with Crippen LogP contribution in [0.2, 0.25) is 0 Å². The van der Waals surface area contributed by atoms with Gasteiger partial charge < -0.3 is 5.32 Å². The zero-order valence-corrected chi connectivity index (χ0v) is 18.8. The van der Waals surface area contributed by atoms with Gasteiger partial charge in [0.25, 0.3) is 5.91 Å². The Hall–Kier alpha value is -2.38.